The zero-order chi connectivity index (χ0) is 15.3. The molecule has 0 heterocycles. The van der Waals surface area contributed by atoms with Gasteiger partial charge in [0, 0.05) is 0 Å². The van der Waals surface area contributed by atoms with E-state index in [2.05, 4.69) is 27.0 Å². The van der Waals surface area contributed by atoms with E-state index in [4.69, 9.17) is 4.74 Å². The van der Waals surface area contributed by atoms with Crippen molar-refractivity contribution in [1.29, 1.82) is 0 Å². The number of hydrogen-bond acceptors (Lipinski definition) is 1. The normalized spacial score (nSPS) is 6.00. The van der Waals surface area contributed by atoms with Gasteiger partial charge in [-0.05, 0) is 26.3 Å². The zero-order valence-corrected chi connectivity index (χ0v) is 14.2. The Morgan fingerprint density at radius 2 is 1.06 bits per heavy atom. The summed E-state index contributed by atoms with van der Waals surface area (Å²) >= 11 is 0. The lowest BCUT2D eigenvalue weighted by molar-refractivity contribution is 0.289. The first kappa shape index (κ1) is 29.9. The van der Waals surface area contributed by atoms with Crippen LogP contribution in [0.2, 0.25) is 0 Å². The molecule has 0 atom stereocenters. The molecule has 1 nitrogen and oxygen atoms in total. The van der Waals surface area contributed by atoms with Gasteiger partial charge in [-0.25, -0.2) is 0 Å². The lowest BCUT2D eigenvalue weighted by atomic mass is 10.3. The summed E-state index contributed by atoms with van der Waals surface area (Å²) in [5, 5.41) is 0. The highest BCUT2D eigenvalue weighted by atomic mass is 16.5. The minimum Gasteiger partial charge on any atom is -0.501 e. The van der Waals surface area contributed by atoms with Crippen LogP contribution >= 0.6 is 0 Å². The van der Waals surface area contributed by atoms with Crippen LogP contribution in [0.4, 0.5) is 0 Å². The van der Waals surface area contributed by atoms with Crippen LogP contribution in [0.1, 0.15) is 75.2 Å². The molecule has 0 radical (unpaired) electrons. The molecule has 0 amide bonds. The summed E-state index contributed by atoms with van der Waals surface area (Å²) in [6.07, 6.45) is 2.64. The van der Waals surface area contributed by atoms with Crippen molar-refractivity contribution in [2.24, 2.45) is 0 Å². The molecule has 0 fully saturated rings. The summed E-state index contributed by atoms with van der Waals surface area (Å²) in [5.74, 6) is 1.01. The zero-order valence-electron chi connectivity index (χ0n) is 14.2. The van der Waals surface area contributed by atoms with E-state index in [-0.39, 0.29) is 0 Å². The molecule has 0 aliphatic carbocycles. The highest BCUT2D eigenvalue weighted by Crippen LogP contribution is 1.99. The molecule has 0 rings (SSSR count). The van der Waals surface area contributed by atoms with Crippen molar-refractivity contribution in [2.45, 2.75) is 75.2 Å². The Morgan fingerprint density at radius 1 is 0.824 bits per heavy atom. The predicted octanol–water partition coefficient (Wildman–Crippen LogP) is 6.61. The second-order valence-corrected chi connectivity index (χ2v) is 2.76. The molecule has 0 spiro atoms. The lowest BCUT2D eigenvalue weighted by Gasteiger charge is -1.98. The second-order valence-electron chi connectivity index (χ2n) is 2.76. The first-order chi connectivity index (χ1) is 8.09. The molecule has 17 heavy (non-hydrogen) atoms. The molecule has 0 saturated heterocycles. The van der Waals surface area contributed by atoms with E-state index in [9.17, 15) is 0 Å². The van der Waals surface area contributed by atoms with Gasteiger partial charge in [0.25, 0.3) is 0 Å². The number of allylic oxidation sites excluding steroid dienone is 2. The quantitative estimate of drug-likeness (QED) is 0.393. The third kappa shape index (κ3) is 68.3. The third-order valence-corrected chi connectivity index (χ3v) is 1.51. The van der Waals surface area contributed by atoms with Crippen molar-refractivity contribution in [3.05, 3.63) is 24.5 Å². The van der Waals surface area contributed by atoms with Crippen LogP contribution in [0.25, 0.3) is 0 Å². The molecular formula is C16H38O. The Bertz CT molecular complexity index is 109. The van der Waals surface area contributed by atoms with Gasteiger partial charge in [-0.15, -0.1) is 13.2 Å². The summed E-state index contributed by atoms with van der Waals surface area (Å²) in [6, 6.07) is 0. The number of rotatable bonds is 2. The fraction of sp³-hybridized carbons (Fsp3) is 0.750. The fourth-order valence-corrected chi connectivity index (χ4v) is 0.204. The van der Waals surface area contributed by atoms with Crippen molar-refractivity contribution in [3.8, 4) is 0 Å². The molecule has 0 unspecified atom stereocenters. The van der Waals surface area contributed by atoms with Crippen LogP contribution in [-0.4, -0.2) is 7.11 Å². The van der Waals surface area contributed by atoms with E-state index >= 15 is 0 Å². The average Bonchev–Trinajstić information content (AvgIpc) is 2.44. The SMILES string of the molecule is C=C.CC.CC.CCCC.COC(C)=C(C)C. The van der Waals surface area contributed by atoms with Crippen LogP contribution in [0.3, 0.4) is 0 Å². The molecule has 0 aliphatic rings. The summed E-state index contributed by atoms with van der Waals surface area (Å²) in [6.45, 7) is 24.4. The molecule has 0 bridgehead atoms. The van der Waals surface area contributed by atoms with Crippen LogP contribution < -0.4 is 0 Å². The largest absolute Gasteiger partial charge is 0.501 e. The van der Waals surface area contributed by atoms with Crippen molar-refractivity contribution >= 4 is 0 Å². The fourth-order valence-electron chi connectivity index (χ4n) is 0.204. The van der Waals surface area contributed by atoms with Crippen LogP contribution in [0, 0.1) is 0 Å². The van der Waals surface area contributed by atoms with Crippen LogP contribution in [0.15, 0.2) is 24.5 Å². The standard InChI is InChI=1S/C6H12O.C4H10.2C2H6.C2H4/c1-5(2)6(3)7-4;1-3-4-2;3*1-2/h1-4H3;3-4H2,1-2H3;2*1-2H3;1-2H2. The maximum Gasteiger partial charge on any atom is 0.0910 e. The van der Waals surface area contributed by atoms with E-state index in [1.54, 1.807) is 7.11 Å². The van der Waals surface area contributed by atoms with Gasteiger partial charge in [0.2, 0.25) is 0 Å². The van der Waals surface area contributed by atoms with Crippen LogP contribution in [-0.2, 0) is 4.74 Å². The molecular weight excluding hydrogens is 208 g/mol. The molecule has 0 aromatic rings. The second kappa shape index (κ2) is 45.4. The van der Waals surface area contributed by atoms with Crippen molar-refractivity contribution in [1.82, 2.24) is 0 Å². The van der Waals surface area contributed by atoms with Crippen molar-refractivity contribution in [3.63, 3.8) is 0 Å². The minimum atomic E-state index is 1.01. The Kier molecular flexibility index (Phi) is 79.9. The van der Waals surface area contributed by atoms with Crippen LogP contribution in [0.5, 0.6) is 0 Å². The van der Waals surface area contributed by atoms with E-state index in [1.807, 2.05) is 48.5 Å². The van der Waals surface area contributed by atoms with Crippen molar-refractivity contribution in [2.75, 3.05) is 7.11 Å². The number of ether oxygens (including phenoxy) is 1. The molecule has 0 N–H and O–H groups in total. The Morgan fingerprint density at radius 3 is 1.06 bits per heavy atom. The third-order valence-electron chi connectivity index (χ3n) is 1.51. The van der Waals surface area contributed by atoms with Gasteiger partial charge in [-0.1, -0.05) is 54.4 Å². The van der Waals surface area contributed by atoms with Gasteiger partial charge in [-0.3, -0.25) is 0 Å². The van der Waals surface area contributed by atoms with E-state index in [0.717, 1.165) is 5.76 Å². The molecule has 108 valence electrons. The summed E-state index contributed by atoms with van der Waals surface area (Å²) < 4.78 is 4.89. The maximum absolute atomic E-state index is 4.89. The van der Waals surface area contributed by atoms with E-state index < -0.39 is 0 Å². The predicted molar refractivity (Wildman–Crippen MR) is 85.6 cm³/mol. The van der Waals surface area contributed by atoms with E-state index in [0.29, 0.717) is 0 Å². The molecule has 1 heteroatoms. The molecule has 0 aromatic carbocycles. The number of unbranched alkanes of at least 4 members (excludes halogenated alkanes) is 1. The Hall–Kier alpha value is -0.720. The molecule has 0 aliphatic heterocycles. The smallest absolute Gasteiger partial charge is 0.0910 e. The maximum atomic E-state index is 4.89. The molecule has 0 aromatic heterocycles. The summed E-state index contributed by atoms with van der Waals surface area (Å²) in [7, 11) is 1.68. The first-order valence-corrected chi connectivity index (χ1v) is 6.78. The lowest BCUT2D eigenvalue weighted by Crippen LogP contribution is -1.80. The van der Waals surface area contributed by atoms with Gasteiger partial charge in [0.15, 0.2) is 0 Å². The topological polar surface area (TPSA) is 9.23 Å². The monoisotopic (exact) mass is 246 g/mol. The van der Waals surface area contributed by atoms with Gasteiger partial charge in [-0.2, -0.15) is 0 Å². The van der Waals surface area contributed by atoms with Gasteiger partial charge in [0.05, 0.1) is 12.9 Å². The van der Waals surface area contributed by atoms with Gasteiger partial charge in [0.1, 0.15) is 0 Å². The number of methoxy groups -OCH3 is 1. The van der Waals surface area contributed by atoms with Crippen molar-refractivity contribution < 1.29 is 4.74 Å². The highest BCUT2D eigenvalue weighted by molar-refractivity contribution is 4.98. The first-order valence-electron chi connectivity index (χ1n) is 6.78. The highest BCUT2D eigenvalue weighted by Gasteiger charge is 1.83. The van der Waals surface area contributed by atoms with Gasteiger partial charge >= 0.3 is 0 Å². The number of hydrogen-bond donors (Lipinski definition) is 0. The summed E-state index contributed by atoms with van der Waals surface area (Å²) in [4.78, 5) is 0. The summed E-state index contributed by atoms with van der Waals surface area (Å²) in [5.41, 5.74) is 1.24. The molecule has 0 saturated carbocycles. The van der Waals surface area contributed by atoms with E-state index in [1.165, 1.54) is 18.4 Å². The Labute approximate surface area is 112 Å². The Balaban J connectivity index is -0.0000000412. The minimum absolute atomic E-state index is 1.01. The average molecular weight is 246 g/mol. The van der Waals surface area contributed by atoms with Gasteiger partial charge < -0.3 is 4.74 Å².